The fourth-order valence-corrected chi connectivity index (χ4v) is 3.58. The molecule has 1 fully saturated rings. The van der Waals surface area contributed by atoms with Gasteiger partial charge in [-0.2, -0.15) is 0 Å². The van der Waals surface area contributed by atoms with Crippen LogP contribution in [0.1, 0.15) is 48.5 Å². The SMILES string of the molecule is CCn1cnnc1[C@@H]1CN(Cc2ncc(C(C)C)s2)CCO1. The van der Waals surface area contributed by atoms with E-state index < -0.39 is 0 Å². The van der Waals surface area contributed by atoms with Gasteiger partial charge in [0.05, 0.1) is 13.2 Å². The van der Waals surface area contributed by atoms with E-state index in [1.54, 1.807) is 6.33 Å². The van der Waals surface area contributed by atoms with Gasteiger partial charge in [-0.15, -0.1) is 21.5 Å². The molecule has 0 bridgehead atoms. The summed E-state index contributed by atoms with van der Waals surface area (Å²) in [6, 6.07) is 0. The highest BCUT2D eigenvalue weighted by molar-refractivity contribution is 7.11. The van der Waals surface area contributed by atoms with E-state index in [0.717, 1.165) is 38.6 Å². The summed E-state index contributed by atoms with van der Waals surface area (Å²) in [4.78, 5) is 8.30. The Bertz CT molecular complexity index is 609. The zero-order valence-corrected chi connectivity index (χ0v) is 14.2. The van der Waals surface area contributed by atoms with Crippen molar-refractivity contribution in [1.29, 1.82) is 0 Å². The van der Waals surface area contributed by atoms with Crippen molar-refractivity contribution in [1.82, 2.24) is 24.6 Å². The second-order valence-electron chi connectivity index (χ2n) is 5.88. The lowest BCUT2D eigenvalue weighted by Crippen LogP contribution is -2.38. The van der Waals surface area contributed by atoms with Crippen molar-refractivity contribution < 1.29 is 4.74 Å². The summed E-state index contributed by atoms with van der Waals surface area (Å²) in [7, 11) is 0. The number of ether oxygens (including phenoxy) is 1. The molecule has 1 saturated heterocycles. The first-order valence-electron chi connectivity index (χ1n) is 7.83. The Hall–Kier alpha value is -1.31. The van der Waals surface area contributed by atoms with Crippen LogP contribution in [0.4, 0.5) is 0 Å². The molecule has 7 heteroatoms. The second-order valence-corrected chi connectivity index (χ2v) is 7.03. The second kappa shape index (κ2) is 6.85. The van der Waals surface area contributed by atoms with Gasteiger partial charge in [-0.1, -0.05) is 13.8 Å². The molecular formula is C15H23N5OS. The van der Waals surface area contributed by atoms with Gasteiger partial charge in [0.25, 0.3) is 0 Å². The Labute approximate surface area is 135 Å². The highest BCUT2D eigenvalue weighted by atomic mass is 32.1. The van der Waals surface area contributed by atoms with Gasteiger partial charge < -0.3 is 9.30 Å². The summed E-state index contributed by atoms with van der Waals surface area (Å²) in [5.74, 6) is 1.47. The molecule has 120 valence electrons. The first-order chi connectivity index (χ1) is 10.7. The number of thiazole rings is 1. The molecule has 0 N–H and O–H groups in total. The third-order valence-electron chi connectivity index (χ3n) is 3.92. The van der Waals surface area contributed by atoms with Crippen LogP contribution in [0.25, 0.3) is 0 Å². The maximum Gasteiger partial charge on any atom is 0.163 e. The molecule has 0 amide bonds. The van der Waals surface area contributed by atoms with E-state index >= 15 is 0 Å². The number of morpholine rings is 1. The molecule has 0 saturated carbocycles. The molecule has 3 rings (SSSR count). The first kappa shape index (κ1) is 15.6. The van der Waals surface area contributed by atoms with E-state index in [4.69, 9.17) is 4.74 Å². The van der Waals surface area contributed by atoms with Gasteiger partial charge >= 0.3 is 0 Å². The van der Waals surface area contributed by atoms with Crippen LogP contribution in [0.5, 0.6) is 0 Å². The predicted molar refractivity (Wildman–Crippen MR) is 85.9 cm³/mol. The number of nitrogens with zero attached hydrogens (tertiary/aromatic N) is 5. The fraction of sp³-hybridized carbons (Fsp3) is 0.667. The van der Waals surface area contributed by atoms with Crippen molar-refractivity contribution in [2.45, 2.75) is 45.9 Å². The first-order valence-corrected chi connectivity index (χ1v) is 8.65. The number of hydrogen-bond acceptors (Lipinski definition) is 6. The minimum Gasteiger partial charge on any atom is -0.368 e. The maximum atomic E-state index is 5.89. The van der Waals surface area contributed by atoms with Gasteiger partial charge in [-0.05, 0) is 12.8 Å². The lowest BCUT2D eigenvalue weighted by molar-refractivity contribution is -0.0388. The van der Waals surface area contributed by atoms with Gasteiger partial charge in [0.15, 0.2) is 5.82 Å². The van der Waals surface area contributed by atoms with Crippen LogP contribution in [-0.4, -0.2) is 44.3 Å². The highest BCUT2D eigenvalue weighted by Crippen LogP contribution is 2.25. The van der Waals surface area contributed by atoms with Crippen molar-refractivity contribution in [2.24, 2.45) is 0 Å². The summed E-state index contributed by atoms with van der Waals surface area (Å²) in [5, 5.41) is 9.41. The zero-order valence-electron chi connectivity index (χ0n) is 13.4. The lowest BCUT2D eigenvalue weighted by Gasteiger charge is -2.31. The molecule has 2 aromatic rings. The fourth-order valence-electron chi connectivity index (χ4n) is 2.61. The van der Waals surface area contributed by atoms with E-state index in [2.05, 4.69) is 45.4 Å². The molecular weight excluding hydrogens is 298 g/mol. The summed E-state index contributed by atoms with van der Waals surface area (Å²) in [5.41, 5.74) is 0. The van der Waals surface area contributed by atoms with E-state index in [1.165, 1.54) is 9.88 Å². The van der Waals surface area contributed by atoms with E-state index in [-0.39, 0.29) is 6.10 Å². The molecule has 0 aliphatic carbocycles. The van der Waals surface area contributed by atoms with E-state index in [0.29, 0.717) is 5.92 Å². The summed E-state index contributed by atoms with van der Waals surface area (Å²) >= 11 is 1.81. The molecule has 1 atom stereocenters. The van der Waals surface area contributed by atoms with E-state index in [9.17, 15) is 0 Å². The average molecular weight is 321 g/mol. The molecule has 0 unspecified atom stereocenters. The highest BCUT2D eigenvalue weighted by Gasteiger charge is 2.26. The number of aryl methyl sites for hydroxylation is 1. The molecule has 6 nitrogen and oxygen atoms in total. The Morgan fingerprint density at radius 1 is 1.45 bits per heavy atom. The van der Waals surface area contributed by atoms with Crippen LogP contribution in [-0.2, 0) is 17.8 Å². The molecule has 1 aliphatic rings. The van der Waals surface area contributed by atoms with Crippen LogP contribution in [0, 0.1) is 0 Å². The maximum absolute atomic E-state index is 5.89. The van der Waals surface area contributed by atoms with Gasteiger partial charge in [-0.3, -0.25) is 4.90 Å². The van der Waals surface area contributed by atoms with E-state index in [1.807, 2.05) is 17.5 Å². The molecule has 0 radical (unpaired) electrons. The number of rotatable bonds is 5. The van der Waals surface area contributed by atoms with Gasteiger partial charge in [0, 0.05) is 30.7 Å². The Morgan fingerprint density at radius 2 is 2.32 bits per heavy atom. The molecule has 0 aromatic carbocycles. The largest absolute Gasteiger partial charge is 0.368 e. The third kappa shape index (κ3) is 3.37. The van der Waals surface area contributed by atoms with Crippen molar-refractivity contribution in [3.05, 3.63) is 28.2 Å². The number of hydrogen-bond donors (Lipinski definition) is 0. The predicted octanol–water partition coefficient (Wildman–Crippen LogP) is 2.45. The molecule has 22 heavy (non-hydrogen) atoms. The molecule has 3 heterocycles. The summed E-state index contributed by atoms with van der Waals surface area (Å²) in [6.45, 7) is 10.8. The summed E-state index contributed by atoms with van der Waals surface area (Å²) in [6.07, 6.45) is 3.78. The minimum absolute atomic E-state index is 0.000677. The molecule has 1 aliphatic heterocycles. The third-order valence-corrected chi connectivity index (χ3v) is 5.21. The van der Waals surface area contributed by atoms with Crippen LogP contribution in [0.3, 0.4) is 0 Å². The standard InChI is InChI=1S/C15H23N5OS/c1-4-20-10-17-18-15(20)12-8-19(5-6-21-12)9-14-16-7-13(22-14)11(2)3/h7,10-12H,4-6,8-9H2,1-3H3/t12-/m0/s1. The van der Waals surface area contributed by atoms with Crippen molar-refractivity contribution in [2.75, 3.05) is 19.7 Å². The number of aromatic nitrogens is 4. The molecule has 2 aromatic heterocycles. The van der Waals surface area contributed by atoms with Gasteiger partial charge in [0.1, 0.15) is 17.4 Å². The van der Waals surface area contributed by atoms with Crippen LogP contribution >= 0.6 is 11.3 Å². The quantitative estimate of drug-likeness (QED) is 0.846. The zero-order chi connectivity index (χ0) is 15.5. The lowest BCUT2D eigenvalue weighted by atomic mass is 10.2. The average Bonchev–Trinajstić information content (AvgIpc) is 3.16. The normalized spacial score (nSPS) is 19.9. The summed E-state index contributed by atoms with van der Waals surface area (Å²) < 4.78 is 7.94. The molecule has 0 spiro atoms. The Balaban J connectivity index is 1.65. The van der Waals surface area contributed by atoms with Gasteiger partial charge in [-0.25, -0.2) is 4.98 Å². The topological polar surface area (TPSA) is 56.1 Å². The van der Waals surface area contributed by atoms with Crippen molar-refractivity contribution >= 4 is 11.3 Å². The monoisotopic (exact) mass is 321 g/mol. The van der Waals surface area contributed by atoms with Crippen LogP contribution in [0.15, 0.2) is 12.5 Å². The van der Waals surface area contributed by atoms with Crippen LogP contribution < -0.4 is 0 Å². The van der Waals surface area contributed by atoms with Crippen LogP contribution in [0.2, 0.25) is 0 Å². The van der Waals surface area contributed by atoms with Crippen molar-refractivity contribution in [3.63, 3.8) is 0 Å². The van der Waals surface area contributed by atoms with Gasteiger partial charge in [0.2, 0.25) is 0 Å². The van der Waals surface area contributed by atoms with Crippen molar-refractivity contribution in [3.8, 4) is 0 Å². The smallest absolute Gasteiger partial charge is 0.163 e. The Kier molecular flexibility index (Phi) is 4.85. The Morgan fingerprint density at radius 3 is 3.05 bits per heavy atom. The minimum atomic E-state index is 0.000677.